The lowest BCUT2D eigenvalue weighted by atomic mass is 10.2. The molecule has 0 bridgehead atoms. The van der Waals surface area contributed by atoms with Crippen molar-refractivity contribution >= 4 is 17.2 Å². The number of piperazine rings is 1. The molecule has 164 valence electrons. The van der Waals surface area contributed by atoms with E-state index < -0.39 is 0 Å². The molecule has 10 heteroatoms. The summed E-state index contributed by atoms with van der Waals surface area (Å²) in [6.45, 7) is 6.33. The Morgan fingerprint density at radius 3 is 2.74 bits per heavy atom. The van der Waals surface area contributed by atoms with Crippen LogP contribution in [-0.4, -0.2) is 68.4 Å². The van der Waals surface area contributed by atoms with Gasteiger partial charge in [0.15, 0.2) is 0 Å². The first kappa shape index (κ1) is 21.4. The summed E-state index contributed by atoms with van der Waals surface area (Å²) in [6, 6.07) is 6.90. The van der Waals surface area contributed by atoms with Gasteiger partial charge in [-0.3, -0.25) is 14.5 Å². The van der Waals surface area contributed by atoms with Gasteiger partial charge in [-0.05, 0) is 36.9 Å². The van der Waals surface area contributed by atoms with Crippen LogP contribution < -0.4 is 5.56 Å². The molecule has 4 rings (SSSR count). The SMILES string of the molecule is CCCn1nc(C(=O)N2CCN(CCCc3nc(-c4cccs4)no3)CC2)ccc1=O. The van der Waals surface area contributed by atoms with Crippen LogP contribution in [0.3, 0.4) is 0 Å². The first-order valence-electron chi connectivity index (χ1n) is 10.6. The smallest absolute Gasteiger partial charge is 0.274 e. The lowest BCUT2D eigenvalue weighted by Gasteiger charge is -2.34. The molecular formula is C21H26N6O3S. The van der Waals surface area contributed by atoms with Gasteiger partial charge < -0.3 is 9.42 Å². The topological polar surface area (TPSA) is 97.4 Å². The molecule has 0 aliphatic carbocycles. The highest BCUT2D eigenvalue weighted by Crippen LogP contribution is 2.21. The average Bonchev–Trinajstić information content (AvgIpc) is 3.47. The predicted octanol–water partition coefficient (Wildman–Crippen LogP) is 2.16. The van der Waals surface area contributed by atoms with Gasteiger partial charge in [0.2, 0.25) is 11.7 Å². The third-order valence-corrected chi connectivity index (χ3v) is 6.12. The highest BCUT2D eigenvalue weighted by molar-refractivity contribution is 7.13. The van der Waals surface area contributed by atoms with Crippen LogP contribution in [0, 0.1) is 0 Å². The number of aromatic nitrogens is 4. The Morgan fingerprint density at radius 2 is 2.00 bits per heavy atom. The Bertz CT molecular complexity index is 1050. The van der Waals surface area contributed by atoms with E-state index >= 15 is 0 Å². The van der Waals surface area contributed by atoms with Gasteiger partial charge in [0.1, 0.15) is 5.69 Å². The summed E-state index contributed by atoms with van der Waals surface area (Å²) in [5.41, 5.74) is 0.159. The highest BCUT2D eigenvalue weighted by Gasteiger charge is 2.23. The summed E-state index contributed by atoms with van der Waals surface area (Å²) in [6.07, 6.45) is 2.45. The van der Waals surface area contributed by atoms with Crippen molar-refractivity contribution < 1.29 is 9.32 Å². The van der Waals surface area contributed by atoms with E-state index in [-0.39, 0.29) is 11.5 Å². The molecule has 3 aromatic heterocycles. The highest BCUT2D eigenvalue weighted by atomic mass is 32.1. The van der Waals surface area contributed by atoms with Gasteiger partial charge in [-0.15, -0.1) is 11.3 Å². The zero-order valence-corrected chi connectivity index (χ0v) is 18.4. The Hall–Kier alpha value is -2.85. The molecule has 0 atom stereocenters. The molecule has 1 amide bonds. The molecule has 0 radical (unpaired) electrons. The molecule has 1 aliphatic rings. The van der Waals surface area contributed by atoms with Crippen molar-refractivity contribution in [2.45, 2.75) is 32.7 Å². The summed E-state index contributed by atoms with van der Waals surface area (Å²) in [7, 11) is 0. The molecule has 1 saturated heterocycles. The Morgan fingerprint density at radius 1 is 1.16 bits per heavy atom. The van der Waals surface area contributed by atoms with Crippen LogP contribution in [0.15, 0.2) is 39.0 Å². The van der Waals surface area contributed by atoms with E-state index in [0.717, 1.165) is 43.8 Å². The van der Waals surface area contributed by atoms with E-state index in [2.05, 4.69) is 20.1 Å². The van der Waals surface area contributed by atoms with Gasteiger partial charge in [-0.25, -0.2) is 4.68 Å². The normalized spacial score (nSPS) is 14.8. The Balaban J connectivity index is 1.23. The lowest BCUT2D eigenvalue weighted by Crippen LogP contribution is -2.49. The molecule has 1 fully saturated rings. The number of amides is 1. The quantitative estimate of drug-likeness (QED) is 0.527. The van der Waals surface area contributed by atoms with Gasteiger partial charge in [-0.1, -0.05) is 18.1 Å². The van der Waals surface area contributed by atoms with Crippen molar-refractivity contribution in [1.82, 2.24) is 29.7 Å². The van der Waals surface area contributed by atoms with Crippen molar-refractivity contribution in [3.8, 4) is 10.7 Å². The largest absolute Gasteiger partial charge is 0.339 e. The van der Waals surface area contributed by atoms with Crippen LogP contribution in [0.4, 0.5) is 0 Å². The molecule has 0 saturated carbocycles. The minimum Gasteiger partial charge on any atom is -0.339 e. The molecule has 3 aromatic rings. The Kier molecular flexibility index (Phi) is 6.88. The molecule has 1 aliphatic heterocycles. The van der Waals surface area contributed by atoms with Crippen molar-refractivity contribution in [3.05, 3.63) is 51.6 Å². The number of thiophene rings is 1. The van der Waals surface area contributed by atoms with Gasteiger partial charge in [0.05, 0.1) is 4.88 Å². The fourth-order valence-electron chi connectivity index (χ4n) is 3.59. The fourth-order valence-corrected chi connectivity index (χ4v) is 4.24. The monoisotopic (exact) mass is 442 g/mol. The van der Waals surface area contributed by atoms with E-state index in [9.17, 15) is 9.59 Å². The first-order valence-corrected chi connectivity index (χ1v) is 11.5. The predicted molar refractivity (Wildman–Crippen MR) is 117 cm³/mol. The maximum absolute atomic E-state index is 12.8. The summed E-state index contributed by atoms with van der Waals surface area (Å²) in [5, 5.41) is 10.3. The van der Waals surface area contributed by atoms with Crippen molar-refractivity contribution in [2.75, 3.05) is 32.7 Å². The second kappa shape index (κ2) is 9.97. The van der Waals surface area contributed by atoms with E-state index in [1.54, 1.807) is 11.3 Å². The number of hydrogen-bond donors (Lipinski definition) is 0. The standard InChI is InChI=1S/C21H26N6O3S/c1-2-9-27-19(28)8-7-16(23-27)21(29)26-13-11-25(12-14-26)10-3-6-18-22-20(24-30-18)17-5-4-15-31-17/h4-5,7-8,15H,2-3,6,9-14H2,1H3. The van der Waals surface area contributed by atoms with Crippen LogP contribution in [0.25, 0.3) is 10.7 Å². The minimum absolute atomic E-state index is 0.114. The second-order valence-electron chi connectivity index (χ2n) is 7.51. The van der Waals surface area contributed by atoms with Gasteiger partial charge in [0.25, 0.3) is 11.5 Å². The van der Waals surface area contributed by atoms with Crippen LogP contribution in [0.1, 0.15) is 36.1 Å². The van der Waals surface area contributed by atoms with Crippen molar-refractivity contribution in [1.29, 1.82) is 0 Å². The van der Waals surface area contributed by atoms with Gasteiger partial charge in [-0.2, -0.15) is 10.1 Å². The van der Waals surface area contributed by atoms with Gasteiger partial charge >= 0.3 is 0 Å². The second-order valence-corrected chi connectivity index (χ2v) is 8.45. The van der Waals surface area contributed by atoms with Crippen molar-refractivity contribution in [3.63, 3.8) is 0 Å². The minimum atomic E-state index is -0.174. The summed E-state index contributed by atoms with van der Waals surface area (Å²) < 4.78 is 6.72. The van der Waals surface area contributed by atoms with E-state index in [1.807, 2.05) is 29.3 Å². The van der Waals surface area contributed by atoms with E-state index in [1.165, 1.54) is 16.8 Å². The van der Waals surface area contributed by atoms with Crippen LogP contribution in [0.2, 0.25) is 0 Å². The maximum atomic E-state index is 12.8. The van der Waals surface area contributed by atoms with E-state index in [4.69, 9.17) is 4.52 Å². The van der Waals surface area contributed by atoms with Crippen LogP contribution in [0.5, 0.6) is 0 Å². The number of aryl methyl sites for hydroxylation is 2. The molecule has 9 nitrogen and oxygen atoms in total. The fraction of sp³-hybridized carbons (Fsp3) is 0.476. The molecule has 0 unspecified atom stereocenters. The van der Waals surface area contributed by atoms with Crippen LogP contribution in [-0.2, 0) is 13.0 Å². The zero-order valence-electron chi connectivity index (χ0n) is 17.6. The van der Waals surface area contributed by atoms with Crippen LogP contribution >= 0.6 is 11.3 Å². The number of rotatable bonds is 8. The zero-order chi connectivity index (χ0) is 21.6. The summed E-state index contributed by atoms with van der Waals surface area (Å²) in [4.78, 5) is 34.2. The lowest BCUT2D eigenvalue weighted by molar-refractivity contribution is 0.0627. The van der Waals surface area contributed by atoms with Gasteiger partial charge in [0, 0.05) is 45.2 Å². The summed E-state index contributed by atoms with van der Waals surface area (Å²) >= 11 is 1.59. The summed E-state index contributed by atoms with van der Waals surface area (Å²) in [5.74, 6) is 1.19. The third-order valence-electron chi connectivity index (χ3n) is 5.26. The first-order chi connectivity index (χ1) is 15.1. The third kappa shape index (κ3) is 5.26. The van der Waals surface area contributed by atoms with Crippen molar-refractivity contribution in [2.24, 2.45) is 0 Å². The van der Waals surface area contributed by atoms with E-state index in [0.29, 0.717) is 37.0 Å². The number of nitrogens with zero attached hydrogens (tertiary/aromatic N) is 6. The molecule has 31 heavy (non-hydrogen) atoms. The molecule has 0 aromatic carbocycles. The maximum Gasteiger partial charge on any atom is 0.274 e. The molecule has 0 N–H and O–H groups in total. The number of carbonyl (C=O) groups excluding carboxylic acids is 1. The molecular weight excluding hydrogens is 416 g/mol. The number of carbonyl (C=O) groups is 1. The Labute approximate surface area is 184 Å². The molecule has 0 spiro atoms. The average molecular weight is 443 g/mol. The number of hydrogen-bond acceptors (Lipinski definition) is 8. The molecule has 4 heterocycles.